The van der Waals surface area contributed by atoms with Crippen molar-refractivity contribution in [1.82, 2.24) is 5.32 Å². The van der Waals surface area contributed by atoms with E-state index < -0.39 is 0 Å². The van der Waals surface area contributed by atoms with Gasteiger partial charge < -0.3 is 15.0 Å². The van der Waals surface area contributed by atoms with E-state index in [0.29, 0.717) is 0 Å². The second-order valence-corrected chi connectivity index (χ2v) is 3.88. The first-order chi connectivity index (χ1) is 8.31. The molecule has 0 spiro atoms. The van der Waals surface area contributed by atoms with Crippen LogP contribution in [0.5, 0.6) is 0 Å². The van der Waals surface area contributed by atoms with Crippen molar-refractivity contribution >= 4 is 11.7 Å². The van der Waals surface area contributed by atoms with Gasteiger partial charge in [-0.05, 0) is 11.6 Å². The predicted octanol–water partition coefficient (Wildman–Crippen LogP) is 1.28. The van der Waals surface area contributed by atoms with E-state index in [0.717, 1.165) is 25.3 Å². The molecule has 0 saturated heterocycles. The summed E-state index contributed by atoms with van der Waals surface area (Å²) in [6, 6.07) is 8.09. The normalized spacial score (nSPS) is 14.7. The number of hydrogen-bond acceptors (Lipinski definition) is 4. The summed E-state index contributed by atoms with van der Waals surface area (Å²) in [6.07, 6.45) is 1.17. The van der Waals surface area contributed by atoms with Gasteiger partial charge >= 0.3 is 5.97 Å². The highest BCUT2D eigenvalue weighted by atomic mass is 16.5. The summed E-state index contributed by atoms with van der Waals surface area (Å²) in [5, 5.41) is 3.32. The van der Waals surface area contributed by atoms with Crippen molar-refractivity contribution in [2.24, 2.45) is 0 Å². The Kier molecular flexibility index (Phi) is 3.77. The fraction of sp³-hybridized carbons (Fsp3) is 0.308. The lowest BCUT2D eigenvalue weighted by Gasteiger charge is -2.22. The lowest BCUT2D eigenvalue weighted by molar-refractivity contribution is -0.136. The first kappa shape index (κ1) is 11.7. The van der Waals surface area contributed by atoms with E-state index in [9.17, 15) is 4.79 Å². The van der Waals surface area contributed by atoms with Crippen LogP contribution in [0.3, 0.4) is 0 Å². The SMILES string of the molecule is C=COC(=O)CN1CCNCc2ccccc21. The highest BCUT2D eigenvalue weighted by Crippen LogP contribution is 2.21. The molecule has 1 aromatic rings. The summed E-state index contributed by atoms with van der Waals surface area (Å²) in [5.41, 5.74) is 2.30. The molecule has 0 aliphatic carbocycles. The van der Waals surface area contributed by atoms with Gasteiger partial charge in [-0.15, -0.1) is 0 Å². The molecule has 0 aromatic heterocycles. The van der Waals surface area contributed by atoms with Gasteiger partial charge in [0, 0.05) is 25.3 Å². The van der Waals surface area contributed by atoms with E-state index in [2.05, 4.69) is 18.0 Å². The van der Waals surface area contributed by atoms with Crippen molar-refractivity contribution in [2.75, 3.05) is 24.5 Å². The fourth-order valence-electron chi connectivity index (χ4n) is 1.98. The van der Waals surface area contributed by atoms with Crippen LogP contribution in [0.25, 0.3) is 0 Å². The molecule has 0 fully saturated rings. The lowest BCUT2D eigenvalue weighted by Crippen LogP contribution is -2.33. The van der Waals surface area contributed by atoms with Crippen molar-refractivity contribution in [1.29, 1.82) is 0 Å². The van der Waals surface area contributed by atoms with Crippen molar-refractivity contribution < 1.29 is 9.53 Å². The van der Waals surface area contributed by atoms with Gasteiger partial charge in [0.05, 0.1) is 6.26 Å². The van der Waals surface area contributed by atoms with Crippen LogP contribution in [0.2, 0.25) is 0 Å². The molecule has 0 radical (unpaired) electrons. The lowest BCUT2D eigenvalue weighted by atomic mass is 10.1. The average molecular weight is 232 g/mol. The van der Waals surface area contributed by atoms with Gasteiger partial charge in [0.25, 0.3) is 0 Å². The summed E-state index contributed by atoms with van der Waals surface area (Å²) in [5.74, 6) is -0.281. The Morgan fingerprint density at radius 2 is 2.35 bits per heavy atom. The smallest absolute Gasteiger partial charge is 0.330 e. The molecule has 17 heavy (non-hydrogen) atoms. The predicted molar refractivity (Wildman–Crippen MR) is 66.7 cm³/mol. The van der Waals surface area contributed by atoms with Crippen molar-refractivity contribution in [3.05, 3.63) is 42.7 Å². The topological polar surface area (TPSA) is 41.6 Å². The molecule has 0 saturated carbocycles. The zero-order valence-electron chi connectivity index (χ0n) is 9.69. The summed E-state index contributed by atoms with van der Waals surface area (Å²) in [4.78, 5) is 13.5. The van der Waals surface area contributed by atoms with E-state index in [1.807, 2.05) is 23.1 Å². The second-order valence-electron chi connectivity index (χ2n) is 3.88. The number of fused-ring (bicyclic) bond motifs is 1. The van der Waals surface area contributed by atoms with Crippen LogP contribution in [0.15, 0.2) is 37.1 Å². The molecular formula is C13H16N2O2. The number of nitrogens with one attached hydrogen (secondary N) is 1. The Bertz CT molecular complexity index is 418. The standard InChI is InChI=1S/C13H16N2O2/c1-2-17-13(16)10-15-8-7-14-9-11-5-3-4-6-12(11)15/h2-6,14H,1,7-10H2. The number of esters is 1. The second kappa shape index (κ2) is 5.50. The first-order valence-electron chi connectivity index (χ1n) is 5.65. The summed E-state index contributed by atoms with van der Waals surface area (Å²) >= 11 is 0. The van der Waals surface area contributed by atoms with Crippen LogP contribution in [0.1, 0.15) is 5.56 Å². The minimum atomic E-state index is -0.281. The minimum absolute atomic E-state index is 0.255. The molecule has 4 nitrogen and oxygen atoms in total. The van der Waals surface area contributed by atoms with Crippen LogP contribution >= 0.6 is 0 Å². The Labute approximate surface area is 101 Å². The largest absolute Gasteiger partial charge is 0.434 e. The van der Waals surface area contributed by atoms with Gasteiger partial charge in [0.1, 0.15) is 6.54 Å². The third kappa shape index (κ3) is 2.85. The number of hydrogen-bond donors (Lipinski definition) is 1. The molecule has 0 unspecified atom stereocenters. The molecule has 0 amide bonds. The molecule has 1 heterocycles. The quantitative estimate of drug-likeness (QED) is 0.629. The van der Waals surface area contributed by atoms with Gasteiger partial charge in [-0.3, -0.25) is 0 Å². The first-order valence-corrected chi connectivity index (χ1v) is 5.65. The highest BCUT2D eigenvalue weighted by Gasteiger charge is 2.17. The van der Waals surface area contributed by atoms with Crippen LogP contribution in [0.4, 0.5) is 5.69 Å². The number of nitrogens with zero attached hydrogens (tertiary/aromatic N) is 1. The number of benzene rings is 1. The monoisotopic (exact) mass is 232 g/mol. The molecule has 1 aliphatic rings. The highest BCUT2D eigenvalue weighted by molar-refractivity contribution is 5.77. The number of rotatable bonds is 3. The number of carbonyl (C=O) groups is 1. The number of ether oxygens (including phenoxy) is 1. The van der Waals surface area contributed by atoms with E-state index in [4.69, 9.17) is 4.74 Å². The molecule has 0 atom stereocenters. The van der Waals surface area contributed by atoms with Gasteiger partial charge in [-0.25, -0.2) is 4.79 Å². The van der Waals surface area contributed by atoms with Gasteiger partial charge in [0.2, 0.25) is 0 Å². The third-order valence-corrected chi connectivity index (χ3v) is 2.74. The Hall–Kier alpha value is -1.81. The zero-order chi connectivity index (χ0) is 12.1. The summed E-state index contributed by atoms with van der Waals surface area (Å²) < 4.78 is 4.76. The van der Waals surface area contributed by atoms with E-state index in [-0.39, 0.29) is 12.5 Å². The minimum Gasteiger partial charge on any atom is -0.434 e. The maximum Gasteiger partial charge on any atom is 0.330 e. The van der Waals surface area contributed by atoms with E-state index in [1.165, 1.54) is 11.8 Å². The molecule has 1 aromatic carbocycles. The van der Waals surface area contributed by atoms with Crippen LogP contribution in [0, 0.1) is 0 Å². The van der Waals surface area contributed by atoms with Gasteiger partial charge in [-0.1, -0.05) is 24.8 Å². The number of carbonyl (C=O) groups excluding carboxylic acids is 1. The van der Waals surface area contributed by atoms with Gasteiger partial charge in [0.15, 0.2) is 0 Å². The van der Waals surface area contributed by atoms with E-state index >= 15 is 0 Å². The summed E-state index contributed by atoms with van der Waals surface area (Å²) in [7, 11) is 0. The molecule has 4 heteroatoms. The Morgan fingerprint density at radius 3 is 3.18 bits per heavy atom. The van der Waals surface area contributed by atoms with Crippen LogP contribution in [-0.2, 0) is 16.1 Å². The Balaban J connectivity index is 2.16. The zero-order valence-corrected chi connectivity index (χ0v) is 9.69. The third-order valence-electron chi connectivity index (χ3n) is 2.74. The molecule has 1 aliphatic heterocycles. The van der Waals surface area contributed by atoms with Crippen LogP contribution in [-0.4, -0.2) is 25.6 Å². The molecule has 2 rings (SSSR count). The summed E-state index contributed by atoms with van der Waals surface area (Å²) in [6.45, 7) is 6.13. The fourth-order valence-corrected chi connectivity index (χ4v) is 1.98. The number of para-hydroxylation sites is 1. The van der Waals surface area contributed by atoms with Gasteiger partial charge in [-0.2, -0.15) is 0 Å². The number of anilines is 1. The molecule has 90 valence electrons. The molecular weight excluding hydrogens is 216 g/mol. The van der Waals surface area contributed by atoms with E-state index in [1.54, 1.807) is 0 Å². The van der Waals surface area contributed by atoms with Crippen molar-refractivity contribution in [3.8, 4) is 0 Å². The molecule has 0 bridgehead atoms. The maximum absolute atomic E-state index is 11.5. The van der Waals surface area contributed by atoms with Crippen molar-refractivity contribution in [2.45, 2.75) is 6.54 Å². The maximum atomic E-state index is 11.5. The Morgan fingerprint density at radius 1 is 1.53 bits per heavy atom. The average Bonchev–Trinajstić information content (AvgIpc) is 2.53. The van der Waals surface area contributed by atoms with Crippen molar-refractivity contribution in [3.63, 3.8) is 0 Å². The molecule has 1 N–H and O–H groups in total. The van der Waals surface area contributed by atoms with Crippen LogP contribution < -0.4 is 10.2 Å².